The maximum Gasteiger partial charge on any atom is 0.410 e. The zero-order valence-corrected chi connectivity index (χ0v) is 16.9. The van der Waals surface area contributed by atoms with Crippen LogP contribution in [0.2, 0.25) is 0 Å². The Morgan fingerprint density at radius 3 is 2.29 bits per heavy atom. The average Bonchev–Trinajstić information content (AvgIpc) is 3.07. The van der Waals surface area contributed by atoms with Gasteiger partial charge in [0.1, 0.15) is 5.60 Å². The molecule has 28 heavy (non-hydrogen) atoms. The first-order valence-corrected chi connectivity index (χ1v) is 10.1. The second-order valence-corrected chi connectivity index (χ2v) is 8.52. The number of rotatable bonds is 2. The first kappa shape index (κ1) is 18.6. The van der Waals surface area contributed by atoms with Gasteiger partial charge in [0, 0.05) is 35.7 Å². The Hall–Kier alpha value is -2.75. The van der Waals surface area contributed by atoms with Crippen molar-refractivity contribution in [3.05, 3.63) is 60.7 Å². The van der Waals surface area contributed by atoms with Crippen LogP contribution in [-0.2, 0) is 4.74 Å². The molecule has 4 nitrogen and oxygen atoms in total. The number of para-hydroxylation sites is 1. The number of fused-ring (bicyclic) bond motifs is 1. The van der Waals surface area contributed by atoms with E-state index in [0.717, 1.165) is 25.9 Å². The minimum absolute atomic E-state index is 0.202. The molecule has 0 N–H and O–H groups in total. The zero-order valence-electron chi connectivity index (χ0n) is 16.9. The van der Waals surface area contributed by atoms with Crippen molar-refractivity contribution in [3.8, 4) is 11.3 Å². The van der Waals surface area contributed by atoms with Crippen LogP contribution in [0, 0.1) is 0 Å². The molecule has 1 amide bonds. The van der Waals surface area contributed by atoms with Crippen molar-refractivity contribution in [2.75, 3.05) is 13.1 Å². The van der Waals surface area contributed by atoms with Crippen molar-refractivity contribution in [1.82, 2.24) is 9.47 Å². The number of aromatic nitrogens is 1. The van der Waals surface area contributed by atoms with Crippen LogP contribution in [0.1, 0.15) is 39.7 Å². The summed E-state index contributed by atoms with van der Waals surface area (Å²) in [5, 5.41) is 1.26. The summed E-state index contributed by atoms with van der Waals surface area (Å²) < 4.78 is 8.02. The zero-order chi connectivity index (χ0) is 19.7. The number of benzene rings is 2. The lowest BCUT2D eigenvalue weighted by Gasteiger charge is -2.35. The second-order valence-electron chi connectivity index (χ2n) is 8.52. The highest BCUT2D eigenvalue weighted by atomic mass is 16.6. The number of amides is 1. The number of ether oxygens (including phenoxy) is 1. The molecule has 0 unspecified atom stereocenters. The van der Waals surface area contributed by atoms with E-state index in [9.17, 15) is 4.79 Å². The van der Waals surface area contributed by atoms with E-state index < -0.39 is 5.60 Å². The molecule has 1 aromatic heterocycles. The van der Waals surface area contributed by atoms with E-state index >= 15 is 0 Å². The molecule has 0 saturated carbocycles. The van der Waals surface area contributed by atoms with Crippen LogP contribution in [0.15, 0.2) is 60.7 Å². The van der Waals surface area contributed by atoms with Gasteiger partial charge in [-0.15, -0.1) is 0 Å². The molecule has 0 spiro atoms. The number of likely N-dealkylation sites (tertiary alicyclic amines) is 1. The number of nitrogens with zero attached hydrogens (tertiary/aromatic N) is 2. The van der Waals surface area contributed by atoms with Crippen LogP contribution in [0.3, 0.4) is 0 Å². The normalized spacial score (nSPS) is 15.8. The smallest absolute Gasteiger partial charge is 0.410 e. The highest BCUT2D eigenvalue weighted by Crippen LogP contribution is 2.35. The van der Waals surface area contributed by atoms with E-state index in [1.165, 1.54) is 22.2 Å². The van der Waals surface area contributed by atoms with E-state index in [0.29, 0.717) is 6.04 Å². The van der Waals surface area contributed by atoms with Gasteiger partial charge in [0.05, 0.1) is 0 Å². The van der Waals surface area contributed by atoms with E-state index in [-0.39, 0.29) is 6.09 Å². The Bertz CT molecular complexity index is 961. The third-order valence-corrected chi connectivity index (χ3v) is 5.30. The van der Waals surface area contributed by atoms with Crippen molar-refractivity contribution in [2.45, 2.75) is 45.3 Å². The van der Waals surface area contributed by atoms with Gasteiger partial charge in [-0.3, -0.25) is 0 Å². The third kappa shape index (κ3) is 3.77. The standard InChI is InChI=1S/C24H28N2O2/c1-24(2,3)28-23(27)25-15-13-20(14-16-25)26-21-12-8-7-11-19(21)17-22(26)18-9-5-4-6-10-18/h4-12,17,20H,13-16H2,1-3H3. The molecule has 2 heterocycles. The Kier molecular flexibility index (Phi) is 4.88. The molecule has 1 saturated heterocycles. The molecule has 1 aliphatic rings. The van der Waals surface area contributed by atoms with Crippen LogP contribution < -0.4 is 0 Å². The fraction of sp³-hybridized carbons (Fsp3) is 0.375. The van der Waals surface area contributed by atoms with E-state index in [2.05, 4.69) is 65.2 Å². The topological polar surface area (TPSA) is 34.5 Å². The first-order valence-electron chi connectivity index (χ1n) is 10.1. The predicted octanol–water partition coefficient (Wildman–Crippen LogP) is 5.88. The van der Waals surface area contributed by atoms with Gasteiger partial charge >= 0.3 is 6.09 Å². The van der Waals surface area contributed by atoms with Crippen molar-refractivity contribution in [2.24, 2.45) is 0 Å². The van der Waals surface area contributed by atoms with Crippen LogP contribution in [0.5, 0.6) is 0 Å². The molecular formula is C24H28N2O2. The van der Waals surface area contributed by atoms with Gasteiger partial charge in [0.15, 0.2) is 0 Å². The van der Waals surface area contributed by atoms with E-state index in [1.807, 2.05) is 25.7 Å². The van der Waals surface area contributed by atoms with Gasteiger partial charge < -0.3 is 14.2 Å². The number of piperidine rings is 1. The Morgan fingerprint density at radius 2 is 1.61 bits per heavy atom. The Balaban J connectivity index is 1.61. The summed E-state index contributed by atoms with van der Waals surface area (Å²) in [4.78, 5) is 14.2. The minimum Gasteiger partial charge on any atom is -0.444 e. The van der Waals surface area contributed by atoms with Crippen LogP contribution in [-0.4, -0.2) is 34.3 Å². The molecule has 0 radical (unpaired) electrons. The van der Waals surface area contributed by atoms with E-state index in [4.69, 9.17) is 4.74 Å². The maximum absolute atomic E-state index is 12.4. The second kappa shape index (κ2) is 7.34. The van der Waals surface area contributed by atoms with Crippen molar-refractivity contribution >= 4 is 17.0 Å². The highest BCUT2D eigenvalue weighted by molar-refractivity contribution is 5.87. The fourth-order valence-electron chi connectivity index (χ4n) is 4.03. The van der Waals surface area contributed by atoms with Gasteiger partial charge in [-0.25, -0.2) is 4.79 Å². The number of hydrogen-bond acceptors (Lipinski definition) is 2. The van der Waals surface area contributed by atoms with Crippen molar-refractivity contribution in [3.63, 3.8) is 0 Å². The van der Waals surface area contributed by atoms with Crippen molar-refractivity contribution < 1.29 is 9.53 Å². The van der Waals surface area contributed by atoms with Gasteiger partial charge in [0.2, 0.25) is 0 Å². The molecule has 0 bridgehead atoms. The summed E-state index contributed by atoms with van der Waals surface area (Å²) in [5.41, 5.74) is 3.29. The van der Waals surface area contributed by atoms with Crippen LogP contribution in [0.4, 0.5) is 4.79 Å². The Morgan fingerprint density at radius 1 is 0.964 bits per heavy atom. The molecule has 0 aliphatic carbocycles. The summed E-state index contributed by atoms with van der Waals surface area (Å²) in [6.45, 7) is 7.18. The van der Waals surface area contributed by atoms with Crippen LogP contribution >= 0.6 is 0 Å². The van der Waals surface area contributed by atoms with Crippen LogP contribution in [0.25, 0.3) is 22.2 Å². The number of carbonyl (C=O) groups is 1. The third-order valence-electron chi connectivity index (χ3n) is 5.30. The molecule has 146 valence electrons. The van der Waals surface area contributed by atoms with Gasteiger partial charge in [-0.1, -0.05) is 48.5 Å². The lowest BCUT2D eigenvalue weighted by molar-refractivity contribution is 0.0190. The molecule has 3 aromatic rings. The highest BCUT2D eigenvalue weighted by Gasteiger charge is 2.29. The minimum atomic E-state index is -0.453. The molecule has 0 atom stereocenters. The molecule has 2 aromatic carbocycles. The summed E-state index contributed by atoms with van der Waals surface area (Å²) in [7, 11) is 0. The van der Waals surface area contributed by atoms with Crippen molar-refractivity contribution in [1.29, 1.82) is 0 Å². The summed E-state index contributed by atoms with van der Waals surface area (Å²) in [5.74, 6) is 0. The molecule has 4 heteroatoms. The molecular weight excluding hydrogens is 348 g/mol. The molecule has 4 rings (SSSR count). The Labute approximate surface area is 166 Å². The summed E-state index contributed by atoms with van der Waals surface area (Å²) >= 11 is 0. The molecule has 1 aliphatic heterocycles. The largest absolute Gasteiger partial charge is 0.444 e. The average molecular weight is 377 g/mol. The summed E-state index contributed by atoms with van der Waals surface area (Å²) in [6.07, 6.45) is 1.65. The van der Waals surface area contributed by atoms with Gasteiger partial charge in [-0.05, 0) is 51.3 Å². The maximum atomic E-state index is 12.4. The lowest BCUT2D eigenvalue weighted by atomic mass is 10.0. The lowest BCUT2D eigenvalue weighted by Crippen LogP contribution is -2.42. The monoisotopic (exact) mass is 376 g/mol. The number of hydrogen-bond donors (Lipinski definition) is 0. The first-order chi connectivity index (χ1) is 13.4. The number of carbonyl (C=O) groups excluding carboxylic acids is 1. The van der Waals surface area contributed by atoms with E-state index in [1.54, 1.807) is 0 Å². The molecule has 1 fully saturated rings. The fourth-order valence-corrected chi connectivity index (χ4v) is 4.03. The SMILES string of the molecule is CC(C)(C)OC(=O)N1CCC(n2c(-c3ccccc3)cc3ccccc32)CC1. The van der Waals surface area contributed by atoms with Gasteiger partial charge in [0.25, 0.3) is 0 Å². The predicted molar refractivity (Wildman–Crippen MR) is 113 cm³/mol. The van der Waals surface area contributed by atoms with Gasteiger partial charge in [-0.2, -0.15) is 0 Å². The quantitative estimate of drug-likeness (QED) is 0.560. The summed E-state index contributed by atoms with van der Waals surface area (Å²) in [6, 6.07) is 21.8.